The van der Waals surface area contributed by atoms with Crippen LogP contribution in [0.15, 0.2) is 224 Å². The van der Waals surface area contributed by atoms with E-state index in [1.54, 1.807) is 18.2 Å². The van der Waals surface area contributed by atoms with Crippen molar-refractivity contribution in [3.63, 3.8) is 0 Å². The molecule has 15 heteroatoms. The number of fused-ring (bicyclic) bond motifs is 25. The summed E-state index contributed by atoms with van der Waals surface area (Å²) in [6, 6.07) is 71.5. The summed E-state index contributed by atoms with van der Waals surface area (Å²) in [5, 5.41) is 44.0. The Morgan fingerprint density at radius 2 is 0.691 bits per heavy atom. The summed E-state index contributed by atoms with van der Waals surface area (Å²) in [5.41, 5.74) is 35.5. The van der Waals surface area contributed by atoms with Crippen LogP contribution in [0.2, 0.25) is 0 Å². The Morgan fingerprint density at radius 1 is 0.327 bits per heavy atom. The van der Waals surface area contributed by atoms with Crippen molar-refractivity contribution >= 4 is 150 Å². The monoisotopic (exact) mass is 1430 g/mol. The van der Waals surface area contributed by atoms with Gasteiger partial charge in [0.1, 0.15) is 44.7 Å². The second kappa shape index (κ2) is 23.3. The highest BCUT2D eigenvalue weighted by Gasteiger charge is 2.29. The van der Waals surface area contributed by atoms with E-state index in [4.69, 9.17) is 32.6 Å². The van der Waals surface area contributed by atoms with Gasteiger partial charge in [-0.1, -0.05) is 78.9 Å². The molecule has 3 N–H and O–H groups in total. The summed E-state index contributed by atoms with van der Waals surface area (Å²) in [6.07, 6.45) is 15.8. The van der Waals surface area contributed by atoms with Crippen LogP contribution in [0.1, 0.15) is 77.9 Å². The van der Waals surface area contributed by atoms with E-state index in [0.717, 1.165) is 169 Å². The molecule has 20 aromatic rings. The fourth-order valence-corrected chi connectivity index (χ4v) is 18.2. The third-order valence-electron chi connectivity index (χ3n) is 25.1. The summed E-state index contributed by atoms with van der Waals surface area (Å²) in [7, 11) is -1.45. The second-order valence-electron chi connectivity index (χ2n) is 31.2. The van der Waals surface area contributed by atoms with E-state index in [0.29, 0.717) is 34.2 Å². The predicted molar refractivity (Wildman–Crippen MR) is 437 cm³/mol. The van der Waals surface area contributed by atoms with E-state index in [1.165, 1.54) is 141 Å². The van der Waals surface area contributed by atoms with Gasteiger partial charge in [0.25, 0.3) is 5.69 Å². The van der Waals surface area contributed by atoms with Crippen molar-refractivity contribution < 1.29 is 32.6 Å². The number of H-pyrrole nitrogens is 1. The topological polar surface area (TPSA) is 196 Å². The zero-order chi connectivity index (χ0) is 72.5. The molecule has 27 rings (SSSR count). The number of aromatic nitrogens is 5. The zero-order valence-electron chi connectivity index (χ0n) is 59.7. The first kappa shape index (κ1) is 62.1. The summed E-state index contributed by atoms with van der Waals surface area (Å²) >= 11 is 0. The lowest BCUT2D eigenvalue weighted by molar-refractivity contribution is -0.384. The number of hydrogen-bond acceptors (Lipinski definition) is 11. The molecule has 0 atom stereocenters. The van der Waals surface area contributed by atoms with Gasteiger partial charge in [-0.25, -0.2) is 4.98 Å². The van der Waals surface area contributed by atoms with Crippen molar-refractivity contribution in [3.8, 4) is 39.9 Å². The maximum atomic E-state index is 11.6. The van der Waals surface area contributed by atoms with Crippen molar-refractivity contribution in [1.82, 2.24) is 24.5 Å². The summed E-state index contributed by atoms with van der Waals surface area (Å²) in [4.78, 5) is 30.1. The summed E-state index contributed by atoms with van der Waals surface area (Å²) < 4.78 is 26.8. The Labute approximate surface area is 627 Å². The fourth-order valence-electron chi connectivity index (χ4n) is 18.2. The normalized spacial score (nSPS) is 14.4. The van der Waals surface area contributed by atoms with Gasteiger partial charge in [-0.15, -0.1) is 0 Å². The minimum Gasteiger partial charge on any atom is -0.456 e. The molecule has 0 saturated carbocycles. The largest absolute Gasteiger partial charge is 0.488 e. The minimum absolute atomic E-state index is 0.182. The summed E-state index contributed by atoms with van der Waals surface area (Å²) in [5.74, 6) is 1.94. The molecule has 110 heavy (non-hydrogen) atoms. The quantitative estimate of drug-likeness (QED) is 0.0814. The molecule has 0 bridgehead atoms. The maximum absolute atomic E-state index is 11.6. The molecule has 7 aliphatic rings. The van der Waals surface area contributed by atoms with Crippen LogP contribution in [0.5, 0.6) is 0 Å². The van der Waals surface area contributed by atoms with Gasteiger partial charge in [-0.3, -0.25) is 14.7 Å². The Balaban J connectivity index is 0.0000000902. The molecule has 14 nitrogen and oxygen atoms in total. The first-order valence-corrected chi connectivity index (χ1v) is 38.4. The van der Waals surface area contributed by atoms with Crippen molar-refractivity contribution in [1.29, 1.82) is 0 Å². The average molecular weight is 1430 g/mol. The Hall–Kier alpha value is -12.9. The van der Waals surface area contributed by atoms with Gasteiger partial charge < -0.3 is 32.7 Å². The molecular formula is C95H65BN6O8. The smallest absolute Gasteiger partial charge is 0.456 e. The molecule has 0 aliphatic heterocycles. The zero-order valence-corrected chi connectivity index (χ0v) is 59.7. The fraction of sp³-hybridized carbons (Fsp3) is 0.147. The number of hydrogen-bond donors (Lipinski definition) is 3. The molecule has 526 valence electrons. The molecule has 7 heterocycles. The van der Waals surface area contributed by atoms with E-state index in [1.807, 2.05) is 66.7 Å². The molecule has 0 amide bonds. The number of nitro groups is 1. The van der Waals surface area contributed by atoms with E-state index in [2.05, 4.69) is 131 Å². The van der Waals surface area contributed by atoms with Crippen LogP contribution in [0, 0.1) is 10.1 Å². The third kappa shape index (κ3) is 9.59. The number of nitrogens with one attached hydrogen (secondary N) is 1. The maximum Gasteiger partial charge on any atom is 0.488 e. The molecule has 0 spiro atoms. The Bertz CT molecular complexity index is 7340. The van der Waals surface area contributed by atoms with Crippen LogP contribution in [-0.2, 0) is 89.9 Å². The van der Waals surface area contributed by atoms with E-state index >= 15 is 0 Å². The number of benzene rings is 13. The van der Waals surface area contributed by atoms with E-state index in [9.17, 15) is 20.2 Å². The third-order valence-corrected chi connectivity index (χ3v) is 25.1. The number of aromatic amines is 1. The lowest BCUT2D eigenvalue weighted by atomic mass is 9.80. The van der Waals surface area contributed by atoms with Gasteiger partial charge in [0, 0.05) is 92.9 Å². The van der Waals surface area contributed by atoms with Crippen LogP contribution >= 0.6 is 0 Å². The highest BCUT2D eigenvalue weighted by Crippen LogP contribution is 2.46. The van der Waals surface area contributed by atoms with Crippen LogP contribution in [0.3, 0.4) is 0 Å². The molecule has 0 saturated heterocycles. The van der Waals surface area contributed by atoms with Crippen molar-refractivity contribution in [2.24, 2.45) is 0 Å². The lowest BCUT2D eigenvalue weighted by Gasteiger charge is -2.19. The molecule has 0 unspecified atom stereocenters. The van der Waals surface area contributed by atoms with Crippen LogP contribution in [0.25, 0.3) is 171 Å². The number of furan rings is 4. The number of aryl methyl sites for hydroxylation is 14. The van der Waals surface area contributed by atoms with Crippen LogP contribution in [0.4, 0.5) is 5.69 Å². The molecule has 7 aliphatic carbocycles. The standard InChI is InChI=1S/C37H24N4O.C22H15NO3.C22H15NO.C14H11BO3/c1-3-7-21(8-4-1)35-38-36(22-9-5-2-6-10-22)40-37(39-35)41-31-17-25-13-11-23(25)15-27(31)28-20-34-30(19-32(28)41)29-16-24-12-14-26(24)18-33(29)42-34;24-23(25)20-9-14-3-1-12(14)7-18(20)16-5-6-17-19-8-13-2-4-15(13)10-22(19)26-21(17)11-16;1-3-13-7-19-15(5-11(1)13)16-10-22-18(9-20(16)23-19)17-6-12-2-4-14(12)8-21(17)24-22;16-15(17)10-3-4-11-12-5-8-1-2-9(8)6-13(12)18-14(11)7-10/h1-10,15-20H,11-14H2;5-11H,1-4H2;5-10,23H,1-4H2;3-7,16-17H,1-2H2. The van der Waals surface area contributed by atoms with Gasteiger partial charge in [0.15, 0.2) is 11.6 Å². The number of rotatable bonds is 6. The van der Waals surface area contributed by atoms with Gasteiger partial charge in [-0.05, 0) is 300 Å². The predicted octanol–water partition coefficient (Wildman–Crippen LogP) is 20.5. The molecule has 0 radical (unpaired) electrons. The van der Waals surface area contributed by atoms with E-state index < -0.39 is 7.12 Å². The van der Waals surface area contributed by atoms with Crippen molar-refractivity contribution in [2.45, 2.75) is 89.9 Å². The molecule has 13 aromatic carbocycles. The van der Waals surface area contributed by atoms with Gasteiger partial charge in [-0.2, -0.15) is 9.97 Å². The van der Waals surface area contributed by atoms with Crippen LogP contribution < -0.4 is 5.46 Å². The minimum atomic E-state index is -1.45. The summed E-state index contributed by atoms with van der Waals surface area (Å²) in [6.45, 7) is 0. The number of nitrogens with zero attached hydrogens (tertiary/aromatic N) is 5. The van der Waals surface area contributed by atoms with Crippen molar-refractivity contribution in [2.75, 3.05) is 0 Å². The first-order chi connectivity index (χ1) is 54.0. The highest BCUT2D eigenvalue weighted by atomic mass is 16.6. The lowest BCUT2D eigenvalue weighted by Crippen LogP contribution is -2.29. The SMILES string of the molecule is O=[N+]([O-])c1cc2c(cc1-c1ccc3c(c1)oc1cc4c(cc13)CC4)CC2.OB(O)c1ccc2c(c1)oc1cc3c(cc12)CC3.c1c2c(cc3c1[nH]c1cc4c(cc13)oc1cc3c(cc14)CC3)CC2.c1ccc(-c2nc(-c3ccccc3)nc(-n3c4cc5c(cc4c4cc6oc7cc8c(cc7c6cc43)CC8)CC5)n2)cc1. The highest BCUT2D eigenvalue weighted by molar-refractivity contribution is 6.59. The first-order valence-electron chi connectivity index (χ1n) is 38.4. The van der Waals surface area contributed by atoms with Crippen LogP contribution in [-0.4, -0.2) is 46.6 Å². The van der Waals surface area contributed by atoms with Crippen molar-refractivity contribution in [3.05, 3.63) is 294 Å². The Kier molecular flexibility index (Phi) is 13.2. The van der Waals surface area contributed by atoms with Gasteiger partial charge in [0.05, 0.1) is 21.5 Å². The van der Waals surface area contributed by atoms with Gasteiger partial charge in [0.2, 0.25) is 5.95 Å². The van der Waals surface area contributed by atoms with Gasteiger partial charge >= 0.3 is 7.12 Å². The number of nitro benzene ring substituents is 1. The molecule has 0 fully saturated rings. The Morgan fingerprint density at radius 3 is 1.20 bits per heavy atom. The van der Waals surface area contributed by atoms with E-state index in [-0.39, 0.29) is 10.6 Å². The average Bonchev–Trinajstić information content (AvgIpc) is 1.59. The molecular weight excluding hydrogens is 1360 g/mol. The second-order valence-corrected chi connectivity index (χ2v) is 31.2. The molecule has 7 aromatic heterocycles.